The first-order valence-electron chi connectivity index (χ1n) is 7.75. The molecule has 3 aliphatic rings. The van der Waals surface area contributed by atoms with Crippen LogP contribution in [0.2, 0.25) is 0 Å². The number of hydrogen-bond donors (Lipinski definition) is 1. The number of fused-ring (bicyclic) bond motifs is 3. The van der Waals surface area contributed by atoms with Crippen LogP contribution in [0.15, 0.2) is 11.1 Å². The van der Waals surface area contributed by atoms with E-state index in [1.807, 2.05) is 4.90 Å². The van der Waals surface area contributed by atoms with Crippen LogP contribution in [-0.4, -0.2) is 40.4 Å². The lowest BCUT2D eigenvalue weighted by Crippen LogP contribution is -2.37. The Morgan fingerprint density at radius 1 is 1.20 bits per heavy atom. The largest absolute Gasteiger partial charge is 0.378 e. The molecule has 110 valence electrons. The van der Waals surface area contributed by atoms with Gasteiger partial charge in [0, 0.05) is 25.9 Å². The van der Waals surface area contributed by atoms with Gasteiger partial charge < -0.3 is 10.0 Å². The fourth-order valence-electron chi connectivity index (χ4n) is 4.03. The van der Waals surface area contributed by atoms with Crippen LogP contribution in [0.4, 0.5) is 0 Å². The van der Waals surface area contributed by atoms with Gasteiger partial charge in [-0.3, -0.25) is 9.59 Å². The lowest BCUT2D eigenvalue weighted by molar-refractivity contribution is -0.133. The maximum Gasteiger partial charge on any atom is 0.222 e. The third-order valence-corrected chi connectivity index (χ3v) is 5.05. The number of allylic oxidation sites excluding steroid dienone is 1. The Hall–Kier alpha value is -1.16. The van der Waals surface area contributed by atoms with E-state index in [0.717, 1.165) is 37.0 Å². The molecule has 0 aromatic rings. The molecule has 1 N–H and O–H groups in total. The van der Waals surface area contributed by atoms with E-state index in [-0.39, 0.29) is 17.6 Å². The van der Waals surface area contributed by atoms with E-state index in [2.05, 4.69) is 6.92 Å². The SMILES string of the molecule is C[C@H]1CC(=O)N2CCCC3=C(CC(=O)[C@@]3(O)CCC2)C1. The first-order valence-corrected chi connectivity index (χ1v) is 7.75. The molecule has 1 aliphatic carbocycles. The van der Waals surface area contributed by atoms with E-state index in [9.17, 15) is 14.7 Å². The molecule has 2 heterocycles. The van der Waals surface area contributed by atoms with Gasteiger partial charge in [0.2, 0.25) is 5.91 Å². The number of carbonyl (C=O) groups excluding carboxylic acids is 2. The van der Waals surface area contributed by atoms with Crippen molar-refractivity contribution < 1.29 is 14.7 Å². The molecule has 4 heteroatoms. The summed E-state index contributed by atoms with van der Waals surface area (Å²) in [6, 6.07) is 0. The fourth-order valence-corrected chi connectivity index (χ4v) is 4.03. The Morgan fingerprint density at radius 2 is 1.95 bits per heavy atom. The summed E-state index contributed by atoms with van der Waals surface area (Å²) >= 11 is 0. The fraction of sp³-hybridized carbons (Fsp3) is 0.750. The predicted molar refractivity (Wildman–Crippen MR) is 75.0 cm³/mol. The number of nitrogens with zero attached hydrogens (tertiary/aromatic N) is 1. The summed E-state index contributed by atoms with van der Waals surface area (Å²) < 4.78 is 0. The molecule has 0 saturated carbocycles. The van der Waals surface area contributed by atoms with Crippen molar-refractivity contribution in [2.24, 2.45) is 5.92 Å². The molecule has 0 radical (unpaired) electrons. The van der Waals surface area contributed by atoms with Crippen molar-refractivity contribution in [2.45, 2.75) is 57.5 Å². The summed E-state index contributed by atoms with van der Waals surface area (Å²) in [5.74, 6) is 0.467. The van der Waals surface area contributed by atoms with Gasteiger partial charge in [-0.05, 0) is 43.6 Å². The van der Waals surface area contributed by atoms with Crippen molar-refractivity contribution >= 4 is 11.7 Å². The molecule has 2 aliphatic heterocycles. The molecule has 1 amide bonds. The molecule has 0 unspecified atom stereocenters. The van der Waals surface area contributed by atoms with Crippen LogP contribution in [-0.2, 0) is 9.59 Å². The maximum absolute atomic E-state index is 12.3. The minimum atomic E-state index is -1.22. The molecule has 2 bridgehead atoms. The lowest BCUT2D eigenvalue weighted by Gasteiger charge is -2.25. The molecule has 1 saturated heterocycles. The first kappa shape index (κ1) is 13.8. The number of amides is 1. The van der Waals surface area contributed by atoms with Crippen LogP contribution >= 0.6 is 0 Å². The van der Waals surface area contributed by atoms with Crippen LogP contribution in [0.25, 0.3) is 0 Å². The smallest absolute Gasteiger partial charge is 0.222 e. The summed E-state index contributed by atoms with van der Waals surface area (Å²) in [5.41, 5.74) is 0.886. The zero-order valence-corrected chi connectivity index (χ0v) is 12.2. The number of ketones is 1. The zero-order valence-electron chi connectivity index (χ0n) is 12.2. The molecule has 2 atom stereocenters. The highest BCUT2D eigenvalue weighted by Gasteiger charge is 2.46. The minimum absolute atomic E-state index is 0.0185. The molecular weight excluding hydrogens is 254 g/mol. The number of carbonyl (C=O) groups is 2. The monoisotopic (exact) mass is 277 g/mol. The van der Waals surface area contributed by atoms with E-state index in [1.165, 1.54) is 0 Å². The standard InChI is InChI=1S/C16H23NO3/c1-11-8-12-10-14(18)16(20)5-3-7-17(15(19)9-11)6-2-4-13(12)16/h11,20H,2-10H2,1H3/t11-,16-/m1/s1. The summed E-state index contributed by atoms with van der Waals surface area (Å²) in [7, 11) is 0. The number of aliphatic hydroxyl groups is 1. The second kappa shape index (κ2) is 4.99. The van der Waals surface area contributed by atoms with Crippen LogP contribution < -0.4 is 0 Å². The zero-order chi connectivity index (χ0) is 14.3. The van der Waals surface area contributed by atoms with E-state index in [1.54, 1.807) is 0 Å². The second-order valence-corrected chi connectivity index (χ2v) is 6.64. The van der Waals surface area contributed by atoms with Crippen molar-refractivity contribution in [3.05, 3.63) is 11.1 Å². The van der Waals surface area contributed by atoms with Gasteiger partial charge in [0.1, 0.15) is 5.60 Å². The Kier molecular flexibility index (Phi) is 3.44. The lowest BCUT2D eigenvalue weighted by atomic mass is 9.86. The van der Waals surface area contributed by atoms with Gasteiger partial charge >= 0.3 is 0 Å². The van der Waals surface area contributed by atoms with Crippen molar-refractivity contribution in [1.82, 2.24) is 4.90 Å². The summed E-state index contributed by atoms with van der Waals surface area (Å²) in [4.78, 5) is 26.5. The van der Waals surface area contributed by atoms with E-state index in [0.29, 0.717) is 32.2 Å². The van der Waals surface area contributed by atoms with Crippen molar-refractivity contribution in [2.75, 3.05) is 13.1 Å². The van der Waals surface area contributed by atoms with Crippen molar-refractivity contribution in [3.63, 3.8) is 0 Å². The molecular formula is C16H23NO3. The Labute approximate surface area is 119 Å². The van der Waals surface area contributed by atoms with Gasteiger partial charge in [-0.1, -0.05) is 12.5 Å². The summed E-state index contributed by atoms with van der Waals surface area (Å²) in [6.07, 6.45) is 4.53. The molecule has 0 aromatic heterocycles. The highest BCUT2D eigenvalue weighted by Crippen LogP contribution is 2.42. The highest BCUT2D eigenvalue weighted by atomic mass is 16.3. The van der Waals surface area contributed by atoms with Gasteiger partial charge in [0.15, 0.2) is 5.78 Å². The topological polar surface area (TPSA) is 57.6 Å². The number of Topliss-reactive ketones (excluding diaryl/α,β-unsaturated/α-hetero) is 1. The first-order chi connectivity index (χ1) is 9.50. The minimum Gasteiger partial charge on any atom is -0.378 e. The maximum atomic E-state index is 12.3. The molecule has 3 rings (SSSR count). The Balaban J connectivity index is 2.03. The van der Waals surface area contributed by atoms with Gasteiger partial charge in [-0.2, -0.15) is 0 Å². The van der Waals surface area contributed by atoms with Crippen LogP contribution in [0.1, 0.15) is 51.9 Å². The van der Waals surface area contributed by atoms with E-state index in [4.69, 9.17) is 0 Å². The van der Waals surface area contributed by atoms with Crippen LogP contribution in [0.3, 0.4) is 0 Å². The summed E-state index contributed by atoms with van der Waals surface area (Å²) in [6.45, 7) is 3.50. The van der Waals surface area contributed by atoms with Gasteiger partial charge in [0.25, 0.3) is 0 Å². The van der Waals surface area contributed by atoms with Crippen molar-refractivity contribution in [3.8, 4) is 0 Å². The Bertz CT molecular complexity index is 482. The quantitative estimate of drug-likeness (QED) is 0.687. The summed E-state index contributed by atoms with van der Waals surface area (Å²) in [5, 5.41) is 10.9. The molecule has 0 spiro atoms. The van der Waals surface area contributed by atoms with Crippen LogP contribution in [0, 0.1) is 5.92 Å². The third kappa shape index (κ3) is 2.20. The normalized spacial score (nSPS) is 35.3. The highest BCUT2D eigenvalue weighted by molar-refractivity contribution is 5.96. The number of hydrogen-bond acceptors (Lipinski definition) is 3. The van der Waals surface area contributed by atoms with Crippen LogP contribution in [0.5, 0.6) is 0 Å². The average Bonchev–Trinajstić information content (AvgIpc) is 2.64. The van der Waals surface area contributed by atoms with E-state index >= 15 is 0 Å². The molecule has 1 fully saturated rings. The van der Waals surface area contributed by atoms with Gasteiger partial charge in [0.05, 0.1) is 0 Å². The van der Waals surface area contributed by atoms with Crippen molar-refractivity contribution in [1.29, 1.82) is 0 Å². The molecule has 0 aromatic carbocycles. The number of rotatable bonds is 0. The van der Waals surface area contributed by atoms with E-state index < -0.39 is 5.60 Å². The molecule has 4 nitrogen and oxygen atoms in total. The average molecular weight is 277 g/mol. The second-order valence-electron chi connectivity index (χ2n) is 6.64. The van der Waals surface area contributed by atoms with Gasteiger partial charge in [-0.15, -0.1) is 0 Å². The predicted octanol–water partition coefficient (Wildman–Crippen LogP) is 1.82. The molecule has 20 heavy (non-hydrogen) atoms. The third-order valence-electron chi connectivity index (χ3n) is 5.05. The Morgan fingerprint density at radius 3 is 2.75 bits per heavy atom. The van der Waals surface area contributed by atoms with Gasteiger partial charge in [-0.25, -0.2) is 0 Å².